The number of benzene rings is 2. The second-order valence-corrected chi connectivity index (χ2v) is 11.1. The zero-order valence-corrected chi connectivity index (χ0v) is 23.3. The van der Waals surface area contributed by atoms with Gasteiger partial charge in [0.05, 0.1) is 10.6 Å². The van der Waals surface area contributed by atoms with Crippen molar-refractivity contribution < 1.29 is 0 Å². The van der Waals surface area contributed by atoms with Gasteiger partial charge in [-0.3, -0.25) is 0 Å². The summed E-state index contributed by atoms with van der Waals surface area (Å²) in [5.41, 5.74) is 6.18. The zero-order valence-electron chi connectivity index (χ0n) is 20.1. The number of rotatable bonds is 12. The van der Waals surface area contributed by atoms with Gasteiger partial charge in [-0.05, 0) is 84.0 Å². The van der Waals surface area contributed by atoms with Gasteiger partial charge in [-0.15, -0.1) is 23.1 Å². The van der Waals surface area contributed by atoms with Gasteiger partial charge in [-0.1, -0.05) is 65.0 Å². The third kappa shape index (κ3) is 7.37. The minimum absolute atomic E-state index is 0.849. The number of thiophene rings is 1. The number of allylic oxidation sites excluding steroid dienone is 3. The molecule has 0 unspecified atom stereocenters. The lowest BCUT2D eigenvalue weighted by Gasteiger charge is -2.19. The number of hydrogen-bond acceptors (Lipinski definition) is 5. The molecule has 6 heteroatoms. The van der Waals surface area contributed by atoms with Gasteiger partial charge in [0.1, 0.15) is 5.82 Å². The number of halogens is 1. The molecule has 0 saturated carbocycles. The molecule has 0 amide bonds. The van der Waals surface area contributed by atoms with E-state index < -0.39 is 0 Å². The highest BCUT2D eigenvalue weighted by atomic mass is 79.9. The summed E-state index contributed by atoms with van der Waals surface area (Å²) in [7, 11) is 0. The molecule has 4 rings (SSSR count). The largest absolute Gasteiger partial charge is 0.372 e. The van der Waals surface area contributed by atoms with Crippen molar-refractivity contribution in [2.24, 2.45) is 0 Å². The van der Waals surface area contributed by atoms with Crippen molar-refractivity contribution in [3.63, 3.8) is 0 Å². The summed E-state index contributed by atoms with van der Waals surface area (Å²) in [6.07, 6.45) is 11.9. The lowest BCUT2D eigenvalue weighted by Crippen LogP contribution is -2.25. The number of aryl methyl sites for hydroxylation is 1. The Morgan fingerprint density at radius 1 is 1.14 bits per heavy atom. The Kier molecular flexibility index (Phi) is 9.72. The van der Waals surface area contributed by atoms with Crippen LogP contribution >= 0.6 is 39.0 Å². The summed E-state index contributed by atoms with van der Waals surface area (Å²) >= 11 is 7.31. The summed E-state index contributed by atoms with van der Waals surface area (Å²) in [6, 6.07) is 17.3. The van der Waals surface area contributed by atoms with E-state index in [1.165, 1.54) is 26.5 Å². The van der Waals surface area contributed by atoms with E-state index in [4.69, 9.17) is 0 Å². The fraction of sp³-hybridized carbons (Fsp3) is 0.241. The van der Waals surface area contributed by atoms with Crippen LogP contribution in [0.4, 0.5) is 5.69 Å². The van der Waals surface area contributed by atoms with Gasteiger partial charge in [0.15, 0.2) is 0 Å². The molecule has 0 aliphatic carbocycles. The number of hydrogen-bond donors (Lipinski definition) is 3. The minimum Gasteiger partial charge on any atom is -0.372 e. The number of fused-ring (bicyclic) bond motifs is 1. The molecule has 1 aromatic heterocycles. The van der Waals surface area contributed by atoms with Crippen LogP contribution in [0, 0.1) is 0 Å². The van der Waals surface area contributed by atoms with Crippen LogP contribution in [0.3, 0.4) is 0 Å². The van der Waals surface area contributed by atoms with Gasteiger partial charge in [-0.25, -0.2) is 0 Å². The molecule has 1 aliphatic rings. The summed E-state index contributed by atoms with van der Waals surface area (Å²) in [5.74, 6) is 1.03. The average molecular weight is 567 g/mol. The number of anilines is 1. The van der Waals surface area contributed by atoms with Crippen LogP contribution in [-0.4, -0.2) is 19.3 Å². The Labute approximate surface area is 225 Å². The third-order valence-corrected chi connectivity index (χ3v) is 8.21. The van der Waals surface area contributed by atoms with Crippen molar-refractivity contribution in [3.8, 4) is 0 Å². The average Bonchev–Trinajstić information content (AvgIpc) is 3.35. The van der Waals surface area contributed by atoms with Crippen LogP contribution in [-0.2, 0) is 13.0 Å². The van der Waals surface area contributed by atoms with Crippen molar-refractivity contribution in [1.82, 2.24) is 10.6 Å². The quantitative estimate of drug-likeness (QED) is 0.154. The molecule has 3 aromatic rings. The van der Waals surface area contributed by atoms with E-state index in [1.54, 1.807) is 23.1 Å². The van der Waals surface area contributed by atoms with Gasteiger partial charge >= 0.3 is 0 Å². The van der Waals surface area contributed by atoms with E-state index in [2.05, 4.69) is 117 Å². The molecule has 0 radical (unpaired) electrons. The van der Waals surface area contributed by atoms with Crippen molar-refractivity contribution >= 4 is 56.4 Å². The molecular weight excluding hydrogens is 534 g/mol. The van der Waals surface area contributed by atoms with E-state index in [0.29, 0.717) is 0 Å². The molecule has 0 fully saturated rings. The minimum atomic E-state index is 0.849. The Hall–Kier alpha value is -2.25. The summed E-state index contributed by atoms with van der Waals surface area (Å²) in [4.78, 5) is 2.50. The molecule has 0 bridgehead atoms. The smallest absolute Gasteiger partial charge is 0.104 e. The third-order valence-electron chi connectivity index (χ3n) is 5.86. The van der Waals surface area contributed by atoms with E-state index in [9.17, 15) is 0 Å². The van der Waals surface area contributed by atoms with Gasteiger partial charge in [0.2, 0.25) is 0 Å². The Morgan fingerprint density at radius 2 is 2.00 bits per heavy atom. The zero-order chi connectivity index (χ0) is 24.5. The summed E-state index contributed by atoms with van der Waals surface area (Å²) in [6.45, 7) is 6.87. The van der Waals surface area contributed by atoms with Crippen LogP contribution < -0.4 is 16.0 Å². The molecule has 35 heavy (non-hydrogen) atoms. The molecule has 1 aliphatic heterocycles. The fourth-order valence-corrected chi connectivity index (χ4v) is 6.10. The monoisotopic (exact) mass is 565 g/mol. The van der Waals surface area contributed by atoms with Crippen LogP contribution in [0.15, 0.2) is 87.8 Å². The van der Waals surface area contributed by atoms with E-state index in [0.717, 1.165) is 60.5 Å². The Morgan fingerprint density at radius 3 is 2.83 bits per heavy atom. The summed E-state index contributed by atoms with van der Waals surface area (Å²) < 4.78 is 1.15. The first-order chi connectivity index (χ1) is 17.1. The highest BCUT2D eigenvalue weighted by Gasteiger charge is 2.13. The first kappa shape index (κ1) is 25.8. The van der Waals surface area contributed by atoms with Crippen molar-refractivity contribution in [1.29, 1.82) is 0 Å². The SMILES string of the molecule is C=C1C=C(NCCCNCc2cc(SC)cc(Br)c2/C=C\CCc2ccccc2)Nc2ccsc21. The highest BCUT2D eigenvalue weighted by molar-refractivity contribution is 9.10. The Bertz CT molecular complexity index is 1200. The second kappa shape index (κ2) is 13.2. The van der Waals surface area contributed by atoms with Gasteiger partial charge in [-0.2, -0.15) is 0 Å². The van der Waals surface area contributed by atoms with Gasteiger partial charge in [0.25, 0.3) is 0 Å². The van der Waals surface area contributed by atoms with E-state index in [-0.39, 0.29) is 0 Å². The Balaban J connectivity index is 1.26. The maximum Gasteiger partial charge on any atom is 0.104 e. The molecule has 2 heterocycles. The molecule has 0 atom stereocenters. The maximum atomic E-state index is 4.17. The topological polar surface area (TPSA) is 36.1 Å². The standard InChI is InChI=1S/C29H32BrN3S2/c1-21-17-28(33-27-13-16-35-29(21)27)32-15-8-14-31-20-23-18-24(34-2)19-26(30)25(23)12-7-6-11-22-9-4-3-5-10-22/h3-5,7,9-10,12-13,16-19,31-33H,1,6,8,11,14-15,20H2,2H3/b12-7-. The summed E-state index contributed by atoms with van der Waals surface area (Å²) in [5, 5.41) is 12.7. The molecule has 0 saturated heterocycles. The van der Waals surface area contributed by atoms with Crippen LogP contribution in [0.2, 0.25) is 0 Å². The fourth-order valence-electron chi connectivity index (χ4n) is 4.03. The molecule has 3 N–H and O–H groups in total. The molecule has 0 spiro atoms. The van der Waals surface area contributed by atoms with Crippen LogP contribution in [0.5, 0.6) is 0 Å². The first-order valence-electron chi connectivity index (χ1n) is 11.9. The van der Waals surface area contributed by atoms with Crippen molar-refractivity contribution in [2.75, 3.05) is 24.7 Å². The number of nitrogens with one attached hydrogen (secondary N) is 3. The normalized spacial score (nSPS) is 13.0. The lowest BCUT2D eigenvalue weighted by atomic mass is 10.0. The first-order valence-corrected chi connectivity index (χ1v) is 14.8. The highest BCUT2D eigenvalue weighted by Crippen LogP contribution is 2.34. The molecular formula is C29H32BrN3S2. The van der Waals surface area contributed by atoms with Gasteiger partial charge in [0, 0.05) is 22.5 Å². The molecule has 2 aromatic carbocycles. The van der Waals surface area contributed by atoms with E-state index in [1.807, 2.05) is 0 Å². The second-order valence-electron chi connectivity index (χ2n) is 8.44. The van der Waals surface area contributed by atoms with Gasteiger partial charge < -0.3 is 16.0 Å². The predicted molar refractivity (Wildman–Crippen MR) is 159 cm³/mol. The van der Waals surface area contributed by atoms with Crippen molar-refractivity contribution in [3.05, 3.63) is 105 Å². The van der Waals surface area contributed by atoms with Crippen LogP contribution in [0.1, 0.15) is 34.4 Å². The van der Waals surface area contributed by atoms with Crippen molar-refractivity contribution in [2.45, 2.75) is 30.7 Å². The lowest BCUT2D eigenvalue weighted by molar-refractivity contribution is 0.626. The van der Waals surface area contributed by atoms with E-state index >= 15 is 0 Å². The van der Waals surface area contributed by atoms with Crippen LogP contribution in [0.25, 0.3) is 11.6 Å². The molecule has 182 valence electrons. The molecule has 3 nitrogen and oxygen atoms in total. The maximum absolute atomic E-state index is 4.17. The predicted octanol–water partition coefficient (Wildman–Crippen LogP) is 7.93. The number of thioether (sulfide) groups is 1.